The molecule has 0 bridgehead atoms. The van der Waals surface area contributed by atoms with E-state index < -0.39 is 0 Å². The molecule has 1 fully saturated rings. The third-order valence-electron chi connectivity index (χ3n) is 4.85. The van der Waals surface area contributed by atoms with Crippen molar-refractivity contribution in [2.75, 3.05) is 7.05 Å². The Labute approximate surface area is 132 Å². The molecule has 0 unspecified atom stereocenters. The minimum absolute atomic E-state index is 0.00552. The van der Waals surface area contributed by atoms with E-state index in [4.69, 9.17) is 0 Å². The second kappa shape index (κ2) is 5.99. The minimum Gasteiger partial charge on any atom is -0.331 e. The Hall–Kier alpha value is -2.03. The highest BCUT2D eigenvalue weighted by Gasteiger charge is 2.32. The van der Waals surface area contributed by atoms with Gasteiger partial charge in [-0.15, -0.1) is 0 Å². The van der Waals surface area contributed by atoms with E-state index in [-0.39, 0.29) is 12.1 Å². The third-order valence-corrected chi connectivity index (χ3v) is 4.85. The Balaban J connectivity index is 1.69. The molecule has 0 radical (unpaired) electrons. The molecule has 1 saturated carbocycles. The fourth-order valence-electron chi connectivity index (χ4n) is 2.93. The predicted octanol–water partition coefficient (Wildman–Crippen LogP) is 4.34. The number of urea groups is 1. The van der Waals surface area contributed by atoms with E-state index in [2.05, 4.69) is 42.6 Å². The highest BCUT2D eigenvalue weighted by atomic mass is 16.2. The molecule has 3 nitrogen and oxygen atoms in total. The van der Waals surface area contributed by atoms with Gasteiger partial charge in [0.1, 0.15) is 0 Å². The molecule has 2 aromatic carbocycles. The maximum Gasteiger partial charge on any atom is 0.317 e. The van der Waals surface area contributed by atoms with Crippen molar-refractivity contribution in [1.29, 1.82) is 0 Å². The zero-order valence-electron chi connectivity index (χ0n) is 13.5. The summed E-state index contributed by atoms with van der Waals surface area (Å²) in [5.41, 5.74) is 1.14. The van der Waals surface area contributed by atoms with Crippen molar-refractivity contribution in [3.8, 4) is 0 Å². The molecule has 0 spiro atoms. The molecule has 116 valence electrons. The lowest BCUT2D eigenvalue weighted by Gasteiger charge is -2.27. The Bertz CT molecular complexity index is 678. The van der Waals surface area contributed by atoms with Crippen LogP contribution in [0.4, 0.5) is 4.79 Å². The first-order valence-electron chi connectivity index (χ1n) is 8.08. The van der Waals surface area contributed by atoms with Crippen molar-refractivity contribution in [3.63, 3.8) is 0 Å². The number of fused-ring (bicyclic) bond motifs is 1. The van der Waals surface area contributed by atoms with Gasteiger partial charge >= 0.3 is 6.03 Å². The molecule has 2 atom stereocenters. The summed E-state index contributed by atoms with van der Waals surface area (Å²) in [6, 6.07) is 15.0. The number of amides is 2. The summed E-state index contributed by atoms with van der Waals surface area (Å²) in [7, 11) is 1.89. The molecule has 0 aromatic heterocycles. The number of hydrogen-bond acceptors (Lipinski definition) is 1. The monoisotopic (exact) mass is 296 g/mol. The van der Waals surface area contributed by atoms with Gasteiger partial charge in [0.2, 0.25) is 0 Å². The van der Waals surface area contributed by atoms with E-state index in [1.165, 1.54) is 23.6 Å². The lowest BCUT2D eigenvalue weighted by Crippen LogP contribution is -2.44. The molecular formula is C19H24N2O. The standard InChI is InChI=1S/C19H24N2O/c1-13(20-19(22)21(3)14(2)15-8-9-15)17-11-10-16-6-4-5-7-18(16)12-17/h4-7,10-15H,8-9H2,1-3H3,(H,20,22)/t13-,14+/m1/s1. The van der Waals surface area contributed by atoms with Gasteiger partial charge in [0.25, 0.3) is 0 Å². The fraction of sp³-hybridized carbons (Fsp3) is 0.421. The number of hydrogen-bond donors (Lipinski definition) is 1. The Kier molecular flexibility index (Phi) is 4.06. The molecular weight excluding hydrogens is 272 g/mol. The van der Waals surface area contributed by atoms with E-state index in [0.717, 1.165) is 5.56 Å². The summed E-state index contributed by atoms with van der Waals surface area (Å²) in [4.78, 5) is 14.2. The summed E-state index contributed by atoms with van der Waals surface area (Å²) in [5.74, 6) is 0.687. The average Bonchev–Trinajstić information content (AvgIpc) is 3.37. The number of carbonyl (C=O) groups excluding carboxylic acids is 1. The third kappa shape index (κ3) is 3.08. The highest BCUT2D eigenvalue weighted by Crippen LogP contribution is 2.34. The number of carbonyl (C=O) groups is 1. The number of nitrogens with zero attached hydrogens (tertiary/aromatic N) is 1. The zero-order valence-corrected chi connectivity index (χ0v) is 13.5. The SMILES string of the molecule is C[C@@H](NC(=O)N(C)[C@@H](C)C1CC1)c1ccc2ccccc2c1. The summed E-state index contributed by atoms with van der Waals surface area (Å²) in [5, 5.41) is 5.55. The van der Waals surface area contributed by atoms with Gasteiger partial charge in [-0.25, -0.2) is 4.79 Å². The second-order valence-corrected chi connectivity index (χ2v) is 6.47. The van der Waals surface area contributed by atoms with Crippen LogP contribution in [0.5, 0.6) is 0 Å². The maximum atomic E-state index is 12.4. The van der Waals surface area contributed by atoms with Gasteiger partial charge in [-0.3, -0.25) is 0 Å². The van der Waals surface area contributed by atoms with Crippen LogP contribution in [0, 0.1) is 5.92 Å². The molecule has 0 saturated heterocycles. The molecule has 1 N–H and O–H groups in total. The number of benzene rings is 2. The first kappa shape index (κ1) is 14.9. The van der Waals surface area contributed by atoms with Gasteiger partial charge in [-0.1, -0.05) is 36.4 Å². The van der Waals surface area contributed by atoms with Crippen molar-refractivity contribution in [3.05, 3.63) is 48.0 Å². The Morgan fingerprint density at radius 1 is 1.14 bits per heavy atom. The normalized spacial score (nSPS) is 17.0. The molecule has 0 aliphatic heterocycles. The molecule has 3 rings (SSSR count). The summed E-state index contributed by atoms with van der Waals surface area (Å²) >= 11 is 0. The molecule has 22 heavy (non-hydrogen) atoms. The van der Waals surface area contributed by atoms with Crippen LogP contribution < -0.4 is 5.32 Å². The van der Waals surface area contributed by atoms with E-state index in [0.29, 0.717) is 12.0 Å². The van der Waals surface area contributed by atoms with Gasteiger partial charge in [-0.05, 0) is 55.0 Å². The van der Waals surface area contributed by atoms with Crippen molar-refractivity contribution in [2.24, 2.45) is 5.92 Å². The molecule has 0 heterocycles. The van der Waals surface area contributed by atoms with Crippen molar-refractivity contribution in [2.45, 2.75) is 38.8 Å². The van der Waals surface area contributed by atoms with E-state index in [1.807, 2.05) is 31.0 Å². The quantitative estimate of drug-likeness (QED) is 0.894. The molecule has 3 heteroatoms. The second-order valence-electron chi connectivity index (χ2n) is 6.47. The van der Waals surface area contributed by atoms with Gasteiger partial charge < -0.3 is 10.2 Å². The molecule has 1 aliphatic rings. The smallest absolute Gasteiger partial charge is 0.317 e. The zero-order chi connectivity index (χ0) is 15.7. The lowest BCUT2D eigenvalue weighted by molar-refractivity contribution is 0.185. The van der Waals surface area contributed by atoms with E-state index in [9.17, 15) is 4.79 Å². The van der Waals surface area contributed by atoms with Crippen LogP contribution in [-0.2, 0) is 0 Å². The Morgan fingerprint density at radius 3 is 2.50 bits per heavy atom. The molecule has 2 aromatic rings. The fourth-order valence-corrected chi connectivity index (χ4v) is 2.93. The van der Waals surface area contributed by atoms with Gasteiger partial charge in [-0.2, -0.15) is 0 Å². The van der Waals surface area contributed by atoms with Gasteiger partial charge in [0, 0.05) is 13.1 Å². The number of rotatable bonds is 4. The van der Waals surface area contributed by atoms with Crippen LogP contribution in [0.3, 0.4) is 0 Å². The van der Waals surface area contributed by atoms with Crippen molar-refractivity contribution >= 4 is 16.8 Å². The van der Waals surface area contributed by atoms with Crippen LogP contribution >= 0.6 is 0 Å². The lowest BCUT2D eigenvalue weighted by atomic mass is 10.0. The van der Waals surface area contributed by atoms with Crippen molar-refractivity contribution < 1.29 is 4.79 Å². The Morgan fingerprint density at radius 2 is 1.82 bits per heavy atom. The topological polar surface area (TPSA) is 32.3 Å². The van der Waals surface area contributed by atoms with Crippen LogP contribution in [0.15, 0.2) is 42.5 Å². The van der Waals surface area contributed by atoms with Crippen molar-refractivity contribution in [1.82, 2.24) is 10.2 Å². The summed E-state index contributed by atoms with van der Waals surface area (Å²) in [6.07, 6.45) is 2.50. The van der Waals surface area contributed by atoms with E-state index in [1.54, 1.807) is 0 Å². The predicted molar refractivity (Wildman–Crippen MR) is 90.8 cm³/mol. The van der Waals surface area contributed by atoms with Gasteiger partial charge in [0.15, 0.2) is 0 Å². The number of nitrogens with one attached hydrogen (secondary N) is 1. The summed E-state index contributed by atoms with van der Waals surface area (Å²) < 4.78 is 0. The average molecular weight is 296 g/mol. The molecule has 1 aliphatic carbocycles. The van der Waals surface area contributed by atoms with E-state index >= 15 is 0 Å². The highest BCUT2D eigenvalue weighted by molar-refractivity contribution is 5.83. The first-order valence-corrected chi connectivity index (χ1v) is 8.08. The van der Waals surface area contributed by atoms with Crippen LogP contribution in [0.1, 0.15) is 38.3 Å². The largest absolute Gasteiger partial charge is 0.331 e. The van der Waals surface area contributed by atoms with Gasteiger partial charge in [0.05, 0.1) is 6.04 Å². The van der Waals surface area contributed by atoms with Crippen LogP contribution in [0.25, 0.3) is 10.8 Å². The van der Waals surface area contributed by atoms with Crippen LogP contribution in [-0.4, -0.2) is 24.0 Å². The minimum atomic E-state index is 0.00552. The van der Waals surface area contributed by atoms with Crippen LogP contribution in [0.2, 0.25) is 0 Å². The first-order chi connectivity index (χ1) is 10.6. The molecule has 2 amide bonds. The maximum absolute atomic E-state index is 12.4. The summed E-state index contributed by atoms with van der Waals surface area (Å²) in [6.45, 7) is 4.18.